The Bertz CT molecular complexity index is 458. The molecule has 0 unspecified atom stereocenters. The summed E-state index contributed by atoms with van der Waals surface area (Å²) in [5.41, 5.74) is 0.536. The summed E-state index contributed by atoms with van der Waals surface area (Å²) >= 11 is 5.81. The zero-order valence-electron chi connectivity index (χ0n) is 9.61. The second-order valence-corrected chi connectivity index (χ2v) is 4.56. The average Bonchev–Trinajstić information content (AvgIpc) is 2.19. The predicted molar refractivity (Wildman–Crippen MR) is 65.8 cm³/mol. The minimum Gasteiger partial charge on any atom is -0.259 e. The van der Waals surface area contributed by atoms with Gasteiger partial charge in [-0.05, 0) is 23.6 Å². The standard InChI is InChI=1S/C12H13ClFNO2/c1-8(2)5-11(15(16)17)6-9-3-4-10(14)7-12(9)13/h3-4,6-8H,5H2,1-2H3/b11-6-. The Morgan fingerprint density at radius 1 is 1.59 bits per heavy atom. The maximum absolute atomic E-state index is 12.8. The molecule has 17 heavy (non-hydrogen) atoms. The van der Waals surface area contributed by atoms with Gasteiger partial charge in [0.2, 0.25) is 5.70 Å². The number of nitrogens with zero attached hydrogens (tertiary/aromatic N) is 1. The largest absolute Gasteiger partial charge is 0.259 e. The van der Waals surface area contributed by atoms with Crippen molar-refractivity contribution in [3.05, 3.63) is 50.4 Å². The topological polar surface area (TPSA) is 43.1 Å². The van der Waals surface area contributed by atoms with Gasteiger partial charge in [-0.3, -0.25) is 10.1 Å². The Hall–Kier alpha value is -1.42. The van der Waals surface area contributed by atoms with E-state index in [0.717, 1.165) is 6.07 Å². The van der Waals surface area contributed by atoms with Crippen LogP contribution in [0.1, 0.15) is 25.8 Å². The lowest BCUT2D eigenvalue weighted by atomic mass is 10.1. The SMILES string of the molecule is CC(C)C/C(=C/c1ccc(F)cc1Cl)[N+](=O)[O-]. The van der Waals surface area contributed by atoms with Crippen molar-refractivity contribution in [3.63, 3.8) is 0 Å². The van der Waals surface area contributed by atoms with Crippen molar-refractivity contribution in [2.45, 2.75) is 20.3 Å². The van der Waals surface area contributed by atoms with Gasteiger partial charge in [-0.25, -0.2) is 4.39 Å². The van der Waals surface area contributed by atoms with Crippen LogP contribution in [-0.4, -0.2) is 4.92 Å². The van der Waals surface area contributed by atoms with Crippen LogP contribution in [0.5, 0.6) is 0 Å². The van der Waals surface area contributed by atoms with Crippen LogP contribution in [0.25, 0.3) is 6.08 Å². The number of halogens is 2. The molecule has 0 aliphatic rings. The summed E-state index contributed by atoms with van der Waals surface area (Å²) in [5, 5.41) is 11.0. The van der Waals surface area contributed by atoms with Crippen molar-refractivity contribution in [1.29, 1.82) is 0 Å². The van der Waals surface area contributed by atoms with Crippen molar-refractivity contribution < 1.29 is 9.31 Å². The average molecular weight is 258 g/mol. The molecule has 5 heteroatoms. The molecule has 0 bridgehead atoms. The fourth-order valence-electron chi connectivity index (χ4n) is 1.40. The highest BCUT2D eigenvalue weighted by atomic mass is 35.5. The van der Waals surface area contributed by atoms with Crippen LogP contribution in [0, 0.1) is 21.8 Å². The van der Waals surface area contributed by atoms with E-state index in [1.54, 1.807) is 0 Å². The van der Waals surface area contributed by atoms with Crippen LogP contribution in [0.2, 0.25) is 5.02 Å². The van der Waals surface area contributed by atoms with Crippen LogP contribution < -0.4 is 0 Å². The lowest BCUT2D eigenvalue weighted by Crippen LogP contribution is -2.02. The number of benzene rings is 1. The van der Waals surface area contributed by atoms with Crippen molar-refractivity contribution in [1.82, 2.24) is 0 Å². The molecular weight excluding hydrogens is 245 g/mol. The zero-order chi connectivity index (χ0) is 13.0. The molecule has 0 saturated carbocycles. The Balaban J connectivity index is 3.08. The fraction of sp³-hybridized carbons (Fsp3) is 0.333. The minimum absolute atomic E-state index is 0.0773. The Labute approximate surface area is 104 Å². The molecule has 1 aromatic rings. The van der Waals surface area contributed by atoms with Gasteiger partial charge in [-0.2, -0.15) is 0 Å². The van der Waals surface area contributed by atoms with E-state index in [2.05, 4.69) is 0 Å². The summed E-state index contributed by atoms with van der Waals surface area (Å²) in [6.07, 6.45) is 1.74. The van der Waals surface area contributed by atoms with E-state index in [0.29, 0.717) is 12.0 Å². The first kappa shape index (κ1) is 13.6. The zero-order valence-corrected chi connectivity index (χ0v) is 10.4. The van der Waals surface area contributed by atoms with E-state index in [-0.39, 0.29) is 16.6 Å². The highest BCUT2D eigenvalue weighted by molar-refractivity contribution is 6.32. The summed E-state index contributed by atoms with van der Waals surface area (Å²) in [4.78, 5) is 10.4. The van der Waals surface area contributed by atoms with Gasteiger partial charge in [0.15, 0.2) is 0 Å². The molecule has 92 valence electrons. The van der Waals surface area contributed by atoms with E-state index in [4.69, 9.17) is 11.6 Å². The fourth-order valence-corrected chi connectivity index (χ4v) is 1.62. The van der Waals surface area contributed by atoms with Gasteiger partial charge in [0.05, 0.1) is 9.95 Å². The summed E-state index contributed by atoms with van der Waals surface area (Å²) in [6.45, 7) is 3.78. The first-order valence-electron chi connectivity index (χ1n) is 5.20. The molecule has 0 radical (unpaired) electrons. The molecule has 1 aromatic carbocycles. The maximum atomic E-state index is 12.8. The van der Waals surface area contributed by atoms with Crippen LogP contribution in [-0.2, 0) is 0 Å². The van der Waals surface area contributed by atoms with Crippen LogP contribution in [0.15, 0.2) is 23.9 Å². The molecule has 3 nitrogen and oxygen atoms in total. The number of allylic oxidation sites excluding steroid dienone is 1. The Kier molecular flexibility index (Phi) is 4.63. The second-order valence-electron chi connectivity index (χ2n) is 4.16. The third-order valence-electron chi connectivity index (χ3n) is 2.14. The van der Waals surface area contributed by atoms with E-state index < -0.39 is 10.7 Å². The number of hydrogen-bond donors (Lipinski definition) is 0. The van der Waals surface area contributed by atoms with Gasteiger partial charge >= 0.3 is 0 Å². The highest BCUT2D eigenvalue weighted by Crippen LogP contribution is 2.22. The van der Waals surface area contributed by atoms with Crippen LogP contribution in [0.4, 0.5) is 4.39 Å². The van der Waals surface area contributed by atoms with Crippen molar-refractivity contribution >= 4 is 17.7 Å². The second kappa shape index (κ2) is 5.77. The number of rotatable bonds is 4. The molecule has 0 saturated heterocycles. The monoisotopic (exact) mass is 257 g/mol. The molecule has 0 heterocycles. The summed E-state index contributed by atoms with van der Waals surface area (Å²) in [5.74, 6) is -0.287. The Morgan fingerprint density at radius 2 is 2.24 bits per heavy atom. The maximum Gasteiger partial charge on any atom is 0.247 e. The Morgan fingerprint density at radius 3 is 2.71 bits per heavy atom. The van der Waals surface area contributed by atoms with Gasteiger partial charge in [-0.15, -0.1) is 0 Å². The molecule has 0 aromatic heterocycles. The summed E-state index contributed by atoms with van der Waals surface area (Å²) in [6, 6.07) is 3.80. The molecule has 0 fully saturated rings. The van der Waals surface area contributed by atoms with Gasteiger partial charge in [-0.1, -0.05) is 31.5 Å². The molecule has 0 amide bonds. The smallest absolute Gasteiger partial charge is 0.247 e. The van der Waals surface area contributed by atoms with E-state index in [1.165, 1.54) is 18.2 Å². The van der Waals surface area contributed by atoms with Crippen molar-refractivity contribution in [2.75, 3.05) is 0 Å². The first-order chi connectivity index (χ1) is 7.90. The lowest BCUT2D eigenvalue weighted by molar-refractivity contribution is -0.427. The van der Waals surface area contributed by atoms with Gasteiger partial charge < -0.3 is 0 Å². The first-order valence-corrected chi connectivity index (χ1v) is 5.58. The summed E-state index contributed by atoms with van der Waals surface area (Å²) < 4.78 is 12.8. The molecule has 0 aliphatic heterocycles. The van der Waals surface area contributed by atoms with E-state index in [9.17, 15) is 14.5 Å². The number of hydrogen-bond acceptors (Lipinski definition) is 2. The molecular formula is C12H13ClFNO2. The van der Waals surface area contributed by atoms with Gasteiger partial charge in [0, 0.05) is 12.5 Å². The third kappa shape index (κ3) is 4.15. The highest BCUT2D eigenvalue weighted by Gasteiger charge is 2.14. The molecule has 0 atom stereocenters. The van der Waals surface area contributed by atoms with Gasteiger partial charge in [0.25, 0.3) is 0 Å². The minimum atomic E-state index is -0.460. The van der Waals surface area contributed by atoms with E-state index in [1.807, 2.05) is 13.8 Å². The normalized spacial score (nSPS) is 11.9. The molecule has 0 aliphatic carbocycles. The molecule has 0 N–H and O–H groups in total. The van der Waals surface area contributed by atoms with Crippen molar-refractivity contribution in [3.8, 4) is 0 Å². The molecule has 1 rings (SSSR count). The van der Waals surface area contributed by atoms with Crippen LogP contribution >= 0.6 is 11.6 Å². The number of nitro groups is 1. The van der Waals surface area contributed by atoms with Crippen LogP contribution in [0.3, 0.4) is 0 Å². The molecule has 0 spiro atoms. The third-order valence-corrected chi connectivity index (χ3v) is 2.46. The van der Waals surface area contributed by atoms with E-state index >= 15 is 0 Å². The quantitative estimate of drug-likeness (QED) is 0.601. The predicted octanol–water partition coefficient (Wildman–Crippen LogP) is 4.14. The summed E-state index contributed by atoms with van der Waals surface area (Å²) in [7, 11) is 0. The van der Waals surface area contributed by atoms with Crippen molar-refractivity contribution in [2.24, 2.45) is 5.92 Å². The van der Waals surface area contributed by atoms with Gasteiger partial charge in [0.1, 0.15) is 5.82 Å². The lowest BCUT2D eigenvalue weighted by Gasteiger charge is -2.03.